The number of nitrogens with zero attached hydrogens (tertiary/aromatic N) is 1. The maximum Gasteiger partial charge on any atom is 0.328 e. The fourth-order valence-corrected chi connectivity index (χ4v) is 1.72. The van der Waals surface area contributed by atoms with Gasteiger partial charge in [0.25, 0.3) is 0 Å². The Kier molecular flexibility index (Phi) is 6.22. The summed E-state index contributed by atoms with van der Waals surface area (Å²) in [5, 5.41) is 9.11. The van der Waals surface area contributed by atoms with E-state index >= 15 is 0 Å². The van der Waals surface area contributed by atoms with Gasteiger partial charge in [0.2, 0.25) is 0 Å². The Morgan fingerprint density at radius 1 is 1.39 bits per heavy atom. The summed E-state index contributed by atoms with van der Waals surface area (Å²) in [6.45, 7) is 4.60. The fraction of sp³-hybridized carbons (Fsp3) is 0.500. The second-order valence-corrected chi connectivity index (χ2v) is 4.10. The normalized spacial score (nSPS) is 11.9. The van der Waals surface area contributed by atoms with Crippen molar-refractivity contribution in [3.63, 3.8) is 0 Å². The SMILES string of the molecule is CCCOC(=O)C(C)N(CCO)c1ccccc1. The van der Waals surface area contributed by atoms with Crippen LogP contribution >= 0.6 is 0 Å². The van der Waals surface area contributed by atoms with Gasteiger partial charge in [0.05, 0.1) is 13.2 Å². The minimum atomic E-state index is -0.397. The van der Waals surface area contributed by atoms with Gasteiger partial charge in [-0.3, -0.25) is 0 Å². The van der Waals surface area contributed by atoms with E-state index in [2.05, 4.69) is 0 Å². The molecule has 0 bridgehead atoms. The minimum Gasteiger partial charge on any atom is -0.464 e. The number of hydrogen-bond acceptors (Lipinski definition) is 4. The Hall–Kier alpha value is -1.55. The smallest absolute Gasteiger partial charge is 0.328 e. The van der Waals surface area contributed by atoms with Gasteiger partial charge in [0, 0.05) is 12.2 Å². The summed E-state index contributed by atoms with van der Waals surface area (Å²) >= 11 is 0. The molecule has 4 nitrogen and oxygen atoms in total. The summed E-state index contributed by atoms with van der Waals surface area (Å²) < 4.78 is 5.14. The Labute approximate surface area is 108 Å². The number of aliphatic hydroxyl groups is 1. The molecule has 0 spiro atoms. The molecule has 0 aliphatic rings. The molecule has 0 radical (unpaired) electrons. The van der Waals surface area contributed by atoms with E-state index in [1.165, 1.54) is 0 Å². The topological polar surface area (TPSA) is 49.8 Å². The second kappa shape index (κ2) is 7.71. The molecule has 1 N–H and O–H groups in total. The highest BCUT2D eigenvalue weighted by Crippen LogP contribution is 2.16. The maximum absolute atomic E-state index is 11.8. The number of ether oxygens (including phenoxy) is 1. The number of esters is 1. The number of anilines is 1. The van der Waals surface area contributed by atoms with Crippen LogP contribution in [0.1, 0.15) is 20.3 Å². The molecule has 1 rings (SSSR count). The number of carbonyl (C=O) groups excluding carboxylic acids is 1. The Morgan fingerprint density at radius 2 is 2.06 bits per heavy atom. The molecule has 0 aliphatic carbocycles. The van der Waals surface area contributed by atoms with Crippen molar-refractivity contribution >= 4 is 11.7 Å². The van der Waals surface area contributed by atoms with Crippen molar-refractivity contribution in [1.82, 2.24) is 0 Å². The maximum atomic E-state index is 11.8. The lowest BCUT2D eigenvalue weighted by Crippen LogP contribution is -2.42. The van der Waals surface area contributed by atoms with Gasteiger partial charge in [-0.2, -0.15) is 0 Å². The summed E-state index contributed by atoms with van der Waals surface area (Å²) in [7, 11) is 0. The highest BCUT2D eigenvalue weighted by molar-refractivity contribution is 5.79. The lowest BCUT2D eigenvalue weighted by atomic mass is 10.2. The third-order valence-corrected chi connectivity index (χ3v) is 2.69. The Morgan fingerprint density at radius 3 is 2.61 bits per heavy atom. The highest BCUT2D eigenvalue weighted by Gasteiger charge is 2.22. The van der Waals surface area contributed by atoms with Crippen LogP contribution < -0.4 is 4.90 Å². The largest absolute Gasteiger partial charge is 0.464 e. The number of carbonyl (C=O) groups is 1. The summed E-state index contributed by atoms with van der Waals surface area (Å²) in [4.78, 5) is 13.7. The van der Waals surface area contributed by atoms with Gasteiger partial charge in [0.15, 0.2) is 0 Å². The van der Waals surface area contributed by atoms with Crippen LogP contribution in [-0.4, -0.2) is 36.9 Å². The zero-order chi connectivity index (χ0) is 13.4. The molecule has 0 aliphatic heterocycles. The van der Waals surface area contributed by atoms with Crippen LogP contribution in [0.15, 0.2) is 30.3 Å². The molecular formula is C14H21NO3. The molecular weight excluding hydrogens is 230 g/mol. The van der Waals surface area contributed by atoms with Crippen molar-refractivity contribution in [2.45, 2.75) is 26.3 Å². The van der Waals surface area contributed by atoms with Crippen LogP contribution in [0.4, 0.5) is 5.69 Å². The minimum absolute atomic E-state index is 0.000290. The average Bonchev–Trinajstić information content (AvgIpc) is 2.42. The molecule has 0 amide bonds. The van der Waals surface area contributed by atoms with Crippen molar-refractivity contribution in [2.75, 3.05) is 24.7 Å². The van der Waals surface area contributed by atoms with E-state index in [1.54, 1.807) is 6.92 Å². The molecule has 1 atom stereocenters. The van der Waals surface area contributed by atoms with Crippen molar-refractivity contribution in [2.24, 2.45) is 0 Å². The third-order valence-electron chi connectivity index (χ3n) is 2.69. The van der Waals surface area contributed by atoms with Gasteiger partial charge in [-0.1, -0.05) is 25.1 Å². The van der Waals surface area contributed by atoms with E-state index in [1.807, 2.05) is 42.2 Å². The lowest BCUT2D eigenvalue weighted by molar-refractivity contribution is -0.144. The van der Waals surface area contributed by atoms with E-state index in [0.29, 0.717) is 13.2 Å². The summed E-state index contributed by atoms with van der Waals surface area (Å²) in [6.07, 6.45) is 0.809. The molecule has 0 fully saturated rings. The molecule has 100 valence electrons. The molecule has 18 heavy (non-hydrogen) atoms. The zero-order valence-corrected chi connectivity index (χ0v) is 11.0. The van der Waals surface area contributed by atoms with E-state index in [9.17, 15) is 4.79 Å². The van der Waals surface area contributed by atoms with E-state index in [-0.39, 0.29) is 12.6 Å². The predicted molar refractivity (Wildman–Crippen MR) is 71.6 cm³/mol. The lowest BCUT2D eigenvalue weighted by Gasteiger charge is -2.29. The second-order valence-electron chi connectivity index (χ2n) is 4.10. The van der Waals surface area contributed by atoms with Gasteiger partial charge in [-0.15, -0.1) is 0 Å². The molecule has 4 heteroatoms. The zero-order valence-electron chi connectivity index (χ0n) is 11.0. The van der Waals surface area contributed by atoms with Crippen molar-refractivity contribution in [1.29, 1.82) is 0 Å². The number of hydrogen-bond donors (Lipinski definition) is 1. The molecule has 1 unspecified atom stereocenters. The number of aliphatic hydroxyl groups excluding tert-OH is 1. The molecule has 1 aromatic rings. The third kappa shape index (κ3) is 4.04. The first-order chi connectivity index (χ1) is 8.70. The first kappa shape index (κ1) is 14.5. The van der Waals surface area contributed by atoms with Crippen LogP contribution in [0.2, 0.25) is 0 Å². The van der Waals surface area contributed by atoms with E-state index in [0.717, 1.165) is 12.1 Å². The van der Waals surface area contributed by atoms with E-state index in [4.69, 9.17) is 9.84 Å². The summed E-state index contributed by atoms with van der Waals surface area (Å²) in [5.41, 5.74) is 0.910. The number of para-hydroxylation sites is 1. The highest BCUT2D eigenvalue weighted by atomic mass is 16.5. The number of rotatable bonds is 7. The standard InChI is InChI=1S/C14H21NO3/c1-3-11-18-14(17)12(2)15(9-10-16)13-7-5-4-6-8-13/h4-8,12,16H,3,9-11H2,1-2H3. The fourth-order valence-electron chi connectivity index (χ4n) is 1.72. The molecule has 0 heterocycles. The van der Waals surface area contributed by atoms with Gasteiger partial charge >= 0.3 is 5.97 Å². The Balaban J connectivity index is 2.75. The van der Waals surface area contributed by atoms with E-state index < -0.39 is 6.04 Å². The van der Waals surface area contributed by atoms with Gasteiger partial charge in [-0.05, 0) is 25.5 Å². The quantitative estimate of drug-likeness (QED) is 0.751. The van der Waals surface area contributed by atoms with Gasteiger partial charge in [0.1, 0.15) is 6.04 Å². The van der Waals surface area contributed by atoms with Crippen LogP contribution in [0.3, 0.4) is 0 Å². The van der Waals surface area contributed by atoms with Crippen molar-refractivity contribution < 1.29 is 14.6 Å². The molecule has 0 aromatic heterocycles. The first-order valence-electron chi connectivity index (χ1n) is 6.30. The predicted octanol–water partition coefficient (Wildman–Crippen LogP) is 1.83. The first-order valence-corrected chi connectivity index (χ1v) is 6.30. The Bertz CT molecular complexity index is 353. The summed E-state index contributed by atoms with van der Waals surface area (Å²) in [5.74, 6) is -0.255. The van der Waals surface area contributed by atoms with Crippen LogP contribution in [0.5, 0.6) is 0 Å². The van der Waals surface area contributed by atoms with Crippen LogP contribution in [0, 0.1) is 0 Å². The summed E-state index contributed by atoms with van der Waals surface area (Å²) in [6, 6.07) is 9.17. The average molecular weight is 251 g/mol. The van der Waals surface area contributed by atoms with Gasteiger partial charge in [-0.25, -0.2) is 4.79 Å². The monoisotopic (exact) mass is 251 g/mol. The molecule has 0 saturated heterocycles. The molecule has 0 saturated carbocycles. The van der Waals surface area contributed by atoms with Crippen molar-refractivity contribution in [3.05, 3.63) is 30.3 Å². The number of benzene rings is 1. The molecule has 1 aromatic carbocycles. The van der Waals surface area contributed by atoms with Crippen LogP contribution in [-0.2, 0) is 9.53 Å². The van der Waals surface area contributed by atoms with Crippen LogP contribution in [0.25, 0.3) is 0 Å². The van der Waals surface area contributed by atoms with Gasteiger partial charge < -0.3 is 14.7 Å². The van der Waals surface area contributed by atoms with Crippen molar-refractivity contribution in [3.8, 4) is 0 Å².